The van der Waals surface area contributed by atoms with Gasteiger partial charge in [-0.15, -0.1) is 25.5 Å². The maximum Gasteiger partial charge on any atom is 0.361 e. The van der Waals surface area contributed by atoms with Gasteiger partial charge in [0.2, 0.25) is 4.80 Å². The van der Waals surface area contributed by atoms with E-state index in [4.69, 9.17) is 4.74 Å². The average molecular weight is 416 g/mol. The molecule has 0 atom stereocenters. The number of aromatic nitrogens is 4. The summed E-state index contributed by atoms with van der Waals surface area (Å²) >= 11 is 1.13. The third-order valence-corrected chi connectivity index (χ3v) is 5.45. The Kier molecular flexibility index (Phi) is 5.51. The first-order valence-corrected chi connectivity index (χ1v) is 10.8. The van der Waals surface area contributed by atoms with E-state index < -0.39 is 21.9 Å². The van der Waals surface area contributed by atoms with Crippen LogP contribution in [0.2, 0.25) is 0 Å². The largest absolute Gasteiger partial charge is 0.464 e. The van der Waals surface area contributed by atoms with E-state index in [1.165, 1.54) is 4.57 Å². The van der Waals surface area contributed by atoms with Gasteiger partial charge in [0, 0.05) is 24.2 Å². The molecule has 2 aromatic rings. The molecule has 1 saturated carbocycles. The Morgan fingerprint density at radius 2 is 2.19 bits per heavy atom. The molecular weight excluding hydrogens is 396 g/mol. The van der Waals surface area contributed by atoms with Gasteiger partial charge in [0.15, 0.2) is 0 Å². The number of rotatable bonds is 7. The Hall–Kier alpha value is -2.41. The second kappa shape index (κ2) is 7.68. The predicted octanol–water partition coefficient (Wildman–Crippen LogP) is 0.455. The normalized spacial score (nSPS) is 15.1. The molecule has 1 aliphatic rings. The Labute approximate surface area is 159 Å². The Bertz CT molecular complexity index is 1060. The number of carbonyl (C=O) groups excluding carboxylic acids is 1. The number of nitrogens with zero attached hydrogens (tertiary/aromatic N) is 5. The van der Waals surface area contributed by atoms with E-state index in [1.54, 1.807) is 27.8 Å². The fourth-order valence-electron chi connectivity index (χ4n) is 2.43. The van der Waals surface area contributed by atoms with Crippen molar-refractivity contribution < 1.29 is 17.9 Å². The van der Waals surface area contributed by atoms with Crippen LogP contribution in [0.15, 0.2) is 20.8 Å². The fraction of sp³-hybridized carbons (Fsp3) is 0.571. The number of hydrogen-bond acceptors (Lipinski definition) is 7. The topological polar surface area (TPSA) is 130 Å². The van der Waals surface area contributed by atoms with Crippen molar-refractivity contribution in [2.24, 2.45) is 4.40 Å². The highest BCUT2D eigenvalue weighted by molar-refractivity contribution is 7.88. The second-order valence-electron chi connectivity index (χ2n) is 5.86. The number of carbonyl (C=O) groups is 1. The van der Waals surface area contributed by atoms with Gasteiger partial charge >= 0.3 is 27.9 Å². The number of aryl methyl sites for hydroxylation is 1. The maximum absolute atomic E-state index is 12.4. The molecule has 2 aromatic heterocycles. The molecule has 27 heavy (non-hydrogen) atoms. The van der Waals surface area contributed by atoms with E-state index >= 15 is 0 Å². The summed E-state index contributed by atoms with van der Waals surface area (Å²) in [5.41, 5.74) is -0.745. The minimum atomic E-state index is -4.36. The van der Waals surface area contributed by atoms with Gasteiger partial charge in [-0.3, -0.25) is 0 Å². The van der Waals surface area contributed by atoms with E-state index in [-0.39, 0.29) is 23.5 Å². The van der Waals surface area contributed by atoms with Crippen LogP contribution in [0, 0.1) is 0 Å². The van der Waals surface area contributed by atoms with Crippen molar-refractivity contribution in [1.82, 2.24) is 23.6 Å². The van der Waals surface area contributed by atoms with E-state index in [2.05, 4.69) is 9.50 Å². The van der Waals surface area contributed by atoms with Crippen LogP contribution in [0.5, 0.6) is 6.01 Å². The molecule has 0 aromatic carbocycles. The van der Waals surface area contributed by atoms with Crippen molar-refractivity contribution in [2.45, 2.75) is 45.7 Å². The zero-order chi connectivity index (χ0) is 19.6. The van der Waals surface area contributed by atoms with Crippen LogP contribution in [0.25, 0.3) is 0 Å². The molecule has 3 rings (SSSR count). The van der Waals surface area contributed by atoms with Gasteiger partial charge in [-0.1, -0.05) is 6.92 Å². The quantitative estimate of drug-likeness (QED) is 0.698. The Morgan fingerprint density at radius 3 is 2.81 bits per heavy atom. The molecule has 1 N–H and O–H groups in total. The lowest BCUT2D eigenvalue weighted by Gasteiger charge is -2.02. The molecule has 0 radical (unpaired) electrons. The first-order chi connectivity index (χ1) is 12.9. The maximum atomic E-state index is 12.4. The molecular formula is C14H20N6O5S2. The molecule has 2 heterocycles. The van der Waals surface area contributed by atoms with Gasteiger partial charge in [0.1, 0.15) is 0 Å². The Morgan fingerprint density at radius 1 is 1.44 bits per heavy atom. The Balaban J connectivity index is 1.87. The van der Waals surface area contributed by atoms with Gasteiger partial charge in [0.05, 0.1) is 6.61 Å². The van der Waals surface area contributed by atoms with Crippen molar-refractivity contribution >= 4 is 27.6 Å². The molecule has 1 fully saturated rings. The van der Waals surface area contributed by atoms with Crippen LogP contribution in [-0.4, -0.2) is 40.0 Å². The van der Waals surface area contributed by atoms with Crippen LogP contribution < -0.4 is 20.0 Å². The molecule has 0 spiro atoms. The summed E-state index contributed by atoms with van der Waals surface area (Å²) in [6.07, 6.45) is 4.05. The molecule has 1 aliphatic carbocycles. The minimum absolute atomic E-state index is 0.00599. The van der Waals surface area contributed by atoms with E-state index in [0.29, 0.717) is 11.2 Å². The van der Waals surface area contributed by atoms with E-state index in [9.17, 15) is 18.0 Å². The van der Waals surface area contributed by atoms with Gasteiger partial charge in [0.25, 0.3) is 0 Å². The average Bonchev–Trinajstić information content (AvgIpc) is 3.25. The SMILES string of the molecule is CCCn1ccs/c1=N\S(=O)(=O)NC(=O)n1nc(OCC)n(C2CC2)c1=O. The van der Waals surface area contributed by atoms with Crippen molar-refractivity contribution in [2.75, 3.05) is 6.61 Å². The zero-order valence-corrected chi connectivity index (χ0v) is 16.5. The molecule has 1 amide bonds. The number of hydrogen-bond donors (Lipinski definition) is 1. The summed E-state index contributed by atoms with van der Waals surface area (Å²) in [4.78, 5) is 25.0. The number of amides is 1. The third kappa shape index (κ3) is 4.30. The third-order valence-electron chi connectivity index (χ3n) is 3.70. The highest BCUT2D eigenvalue weighted by Crippen LogP contribution is 2.35. The summed E-state index contributed by atoms with van der Waals surface area (Å²) in [7, 11) is -4.36. The zero-order valence-electron chi connectivity index (χ0n) is 14.9. The predicted molar refractivity (Wildman–Crippen MR) is 96.9 cm³/mol. The molecule has 0 bridgehead atoms. The van der Waals surface area contributed by atoms with Crippen LogP contribution in [0.1, 0.15) is 39.2 Å². The van der Waals surface area contributed by atoms with Gasteiger partial charge < -0.3 is 9.30 Å². The first-order valence-electron chi connectivity index (χ1n) is 8.47. The molecule has 0 saturated heterocycles. The summed E-state index contributed by atoms with van der Waals surface area (Å²) in [6, 6.07) is -1.29. The lowest BCUT2D eigenvalue weighted by atomic mass is 10.5. The van der Waals surface area contributed by atoms with Crippen molar-refractivity contribution in [3.63, 3.8) is 0 Å². The van der Waals surface area contributed by atoms with Gasteiger partial charge in [-0.05, 0) is 26.2 Å². The van der Waals surface area contributed by atoms with Crippen LogP contribution in [-0.2, 0) is 16.8 Å². The van der Waals surface area contributed by atoms with Crippen molar-refractivity contribution in [1.29, 1.82) is 0 Å². The molecule has 148 valence electrons. The lowest BCUT2D eigenvalue weighted by Crippen LogP contribution is -2.40. The van der Waals surface area contributed by atoms with Crippen LogP contribution in [0.4, 0.5) is 4.79 Å². The summed E-state index contributed by atoms with van der Waals surface area (Å²) < 4.78 is 38.5. The van der Waals surface area contributed by atoms with Gasteiger partial charge in [-0.25, -0.2) is 18.9 Å². The van der Waals surface area contributed by atoms with E-state index in [1.807, 2.05) is 6.92 Å². The number of thiazole rings is 1. The van der Waals surface area contributed by atoms with Crippen molar-refractivity contribution in [3.8, 4) is 6.01 Å². The lowest BCUT2D eigenvalue weighted by molar-refractivity contribution is 0.242. The number of ether oxygens (including phenoxy) is 1. The van der Waals surface area contributed by atoms with Crippen LogP contribution >= 0.6 is 11.3 Å². The van der Waals surface area contributed by atoms with E-state index in [0.717, 1.165) is 30.6 Å². The molecule has 0 unspecified atom stereocenters. The standard InChI is InChI=1S/C14H20N6O5S2/c1-3-7-18-8-9-26-13(18)17-27(23,24)16-11(21)20-14(22)19(10-5-6-10)12(15-20)25-4-2/h8-10H,3-7H2,1-2H3,(H,16,21)/b17-13-. The second-order valence-corrected chi connectivity index (χ2v) is 8.07. The minimum Gasteiger partial charge on any atom is -0.464 e. The van der Waals surface area contributed by atoms with Crippen LogP contribution in [0.3, 0.4) is 0 Å². The molecule has 13 heteroatoms. The molecule has 0 aliphatic heterocycles. The summed E-state index contributed by atoms with van der Waals surface area (Å²) in [5, 5.41) is 5.51. The first kappa shape index (κ1) is 19.4. The van der Waals surface area contributed by atoms with Crippen molar-refractivity contribution in [3.05, 3.63) is 26.9 Å². The number of nitrogens with one attached hydrogen (secondary N) is 1. The fourth-order valence-corrected chi connectivity index (χ4v) is 4.17. The summed E-state index contributed by atoms with van der Waals surface area (Å²) in [5.74, 6) is 0. The van der Waals surface area contributed by atoms with Gasteiger partial charge in [-0.2, -0.15) is 8.42 Å². The smallest absolute Gasteiger partial charge is 0.361 e. The highest BCUT2D eigenvalue weighted by Gasteiger charge is 2.32. The molecule has 11 nitrogen and oxygen atoms in total. The summed E-state index contributed by atoms with van der Waals surface area (Å²) in [6.45, 7) is 4.52. The monoisotopic (exact) mass is 416 g/mol. The highest BCUT2D eigenvalue weighted by atomic mass is 32.2.